The molecule has 1 heterocycles. The minimum atomic E-state index is 0.0867. The Labute approximate surface area is 97.6 Å². The fourth-order valence-electron chi connectivity index (χ4n) is 1.15. The van der Waals surface area contributed by atoms with Gasteiger partial charge < -0.3 is 4.74 Å². The van der Waals surface area contributed by atoms with E-state index in [0.29, 0.717) is 12.4 Å². The lowest BCUT2D eigenvalue weighted by molar-refractivity contribution is -0.117. The average molecular weight is 226 g/mol. The van der Waals surface area contributed by atoms with Crippen molar-refractivity contribution in [3.05, 3.63) is 11.8 Å². The number of carbonyl (C=O) groups is 1. The largest absolute Gasteiger partial charge is 0.474 e. The highest BCUT2D eigenvalue weighted by Crippen LogP contribution is 2.15. The van der Waals surface area contributed by atoms with Crippen LogP contribution in [0.1, 0.15) is 40.2 Å². The molecule has 0 aromatic carbocycles. The van der Waals surface area contributed by atoms with E-state index in [1.807, 2.05) is 40.8 Å². The molecular formula is C12H22N2O2. The van der Waals surface area contributed by atoms with Gasteiger partial charge in [-0.1, -0.05) is 13.8 Å². The second-order valence-corrected chi connectivity index (χ2v) is 3.68. The van der Waals surface area contributed by atoms with Gasteiger partial charge in [-0.25, -0.2) is 0 Å². The summed E-state index contributed by atoms with van der Waals surface area (Å²) < 4.78 is 7.07. The summed E-state index contributed by atoms with van der Waals surface area (Å²) in [6.45, 7) is 11.7. The topological polar surface area (TPSA) is 44.1 Å². The molecule has 0 fully saturated rings. The first kappa shape index (κ1) is 14.7. The first-order chi connectivity index (χ1) is 7.49. The van der Waals surface area contributed by atoms with Crippen LogP contribution in [0, 0.1) is 6.92 Å². The zero-order chi connectivity index (χ0) is 12.7. The van der Waals surface area contributed by atoms with Gasteiger partial charge in [-0.15, -0.1) is 5.10 Å². The number of rotatable bonds is 4. The number of nitrogens with zero attached hydrogens (tertiary/aromatic N) is 2. The van der Waals surface area contributed by atoms with Crippen molar-refractivity contribution in [2.75, 3.05) is 0 Å². The molecule has 0 atom stereocenters. The average Bonchev–Trinajstić information content (AvgIpc) is 2.48. The van der Waals surface area contributed by atoms with Crippen molar-refractivity contribution in [1.29, 1.82) is 0 Å². The molecular weight excluding hydrogens is 204 g/mol. The number of carbonyl (C=O) groups excluding carboxylic acids is 1. The lowest BCUT2D eigenvalue weighted by Gasteiger charge is -2.06. The van der Waals surface area contributed by atoms with Gasteiger partial charge >= 0.3 is 0 Å². The van der Waals surface area contributed by atoms with Crippen molar-refractivity contribution < 1.29 is 9.53 Å². The van der Waals surface area contributed by atoms with E-state index in [0.717, 1.165) is 5.56 Å². The van der Waals surface area contributed by atoms with Gasteiger partial charge in [-0.3, -0.25) is 9.48 Å². The Balaban J connectivity index is 0.00000106. The molecule has 0 N–H and O–H groups in total. The smallest absolute Gasteiger partial charge is 0.235 e. The van der Waals surface area contributed by atoms with Crippen LogP contribution >= 0.6 is 0 Å². The van der Waals surface area contributed by atoms with Gasteiger partial charge in [0.2, 0.25) is 5.88 Å². The lowest BCUT2D eigenvalue weighted by atomic mass is 10.4. The van der Waals surface area contributed by atoms with Crippen LogP contribution in [0.4, 0.5) is 0 Å². The van der Waals surface area contributed by atoms with Crippen LogP contribution in [-0.4, -0.2) is 21.7 Å². The van der Waals surface area contributed by atoms with Gasteiger partial charge in [0.05, 0.1) is 12.6 Å². The Bertz CT molecular complexity index is 330. The van der Waals surface area contributed by atoms with E-state index in [1.54, 1.807) is 11.6 Å². The van der Waals surface area contributed by atoms with E-state index in [1.165, 1.54) is 0 Å². The van der Waals surface area contributed by atoms with E-state index in [2.05, 4.69) is 5.10 Å². The highest BCUT2D eigenvalue weighted by Gasteiger charge is 2.08. The molecule has 0 saturated heterocycles. The van der Waals surface area contributed by atoms with Crippen molar-refractivity contribution in [3.8, 4) is 5.88 Å². The Kier molecular flexibility index (Phi) is 6.46. The van der Waals surface area contributed by atoms with Crippen molar-refractivity contribution in [3.63, 3.8) is 0 Å². The lowest BCUT2D eigenvalue weighted by Crippen LogP contribution is -2.09. The molecule has 4 nitrogen and oxygen atoms in total. The van der Waals surface area contributed by atoms with Gasteiger partial charge in [0.15, 0.2) is 5.78 Å². The Morgan fingerprint density at radius 2 is 2.06 bits per heavy atom. The van der Waals surface area contributed by atoms with E-state index in [4.69, 9.17) is 4.74 Å². The van der Waals surface area contributed by atoms with E-state index < -0.39 is 0 Å². The minimum Gasteiger partial charge on any atom is -0.474 e. The Morgan fingerprint density at radius 3 is 2.50 bits per heavy atom. The maximum absolute atomic E-state index is 10.9. The van der Waals surface area contributed by atoms with Gasteiger partial charge in [0, 0.05) is 11.8 Å². The summed E-state index contributed by atoms with van der Waals surface area (Å²) >= 11 is 0. The van der Waals surface area contributed by atoms with Gasteiger partial charge in [0.1, 0.15) is 0 Å². The van der Waals surface area contributed by atoms with Crippen LogP contribution in [-0.2, 0) is 11.3 Å². The third kappa shape index (κ3) is 4.96. The van der Waals surface area contributed by atoms with E-state index in [-0.39, 0.29) is 11.9 Å². The molecule has 0 unspecified atom stereocenters. The Hall–Kier alpha value is -1.32. The van der Waals surface area contributed by atoms with Crippen LogP contribution < -0.4 is 4.74 Å². The highest BCUT2D eigenvalue weighted by molar-refractivity contribution is 5.75. The molecule has 0 aliphatic carbocycles. The molecule has 1 rings (SSSR count). The molecule has 0 spiro atoms. The second kappa shape index (κ2) is 7.04. The zero-order valence-corrected chi connectivity index (χ0v) is 11.1. The predicted octanol–water partition coefficient (Wildman–Crippen LogP) is 2.59. The number of hydrogen-bond acceptors (Lipinski definition) is 3. The maximum atomic E-state index is 10.9. The highest BCUT2D eigenvalue weighted by atomic mass is 16.5. The number of ketones is 1. The van der Waals surface area contributed by atoms with Gasteiger partial charge in [0.25, 0.3) is 0 Å². The summed E-state index contributed by atoms with van der Waals surface area (Å²) in [6, 6.07) is 0. The standard InChI is InChI=1S/C10H16N2O2.C2H6/c1-7(2)14-10-8(3)5-12(11-10)6-9(4)13;1-2/h5,7H,6H2,1-4H3;1-2H3. The molecule has 0 radical (unpaired) electrons. The summed E-state index contributed by atoms with van der Waals surface area (Å²) in [5, 5.41) is 4.16. The number of aryl methyl sites for hydroxylation is 1. The van der Waals surface area contributed by atoms with Gasteiger partial charge in [-0.05, 0) is 27.7 Å². The third-order valence-corrected chi connectivity index (χ3v) is 1.63. The molecule has 1 aromatic heterocycles. The molecule has 16 heavy (non-hydrogen) atoms. The summed E-state index contributed by atoms with van der Waals surface area (Å²) in [5.74, 6) is 0.699. The second-order valence-electron chi connectivity index (χ2n) is 3.68. The summed E-state index contributed by atoms with van der Waals surface area (Å²) in [6.07, 6.45) is 1.92. The van der Waals surface area contributed by atoms with Crippen LogP contribution in [0.2, 0.25) is 0 Å². The predicted molar refractivity (Wildman–Crippen MR) is 64.8 cm³/mol. The van der Waals surface area contributed by atoms with Crippen molar-refractivity contribution in [1.82, 2.24) is 9.78 Å². The van der Waals surface area contributed by atoms with E-state index in [9.17, 15) is 4.79 Å². The Morgan fingerprint density at radius 1 is 1.50 bits per heavy atom. The fourth-order valence-corrected chi connectivity index (χ4v) is 1.15. The first-order valence-corrected chi connectivity index (χ1v) is 5.69. The summed E-state index contributed by atoms with van der Waals surface area (Å²) in [7, 11) is 0. The fraction of sp³-hybridized carbons (Fsp3) is 0.667. The van der Waals surface area contributed by atoms with Crippen LogP contribution in [0.5, 0.6) is 5.88 Å². The molecule has 0 aliphatic rings. The first-order valence-electron chi connectivity index (χ1n) is 5.69. The van der Waals surface area contributed by atoms with Crippen molar-refractivity contribution in [2.45, 2.75) is 54.2 Å². The quantitative estimate of drug-likeness (QED) is 0.792. The van der Waals surface area contributed by atoms with Gasteiger partial charge in [-0.2, -0.15) is 0 Å². The van der Waals surface area contributed by atoms with Crippen LogP contribution in [0.15, 0.2) is 6.20 Å². The van der Waals surface area contributed by atoms with Crippen molar-refractivity contribution >= 4 is 5.78 Å². The monoisotopic (exact) mass is 226 g/mol. The van der Waals surface area contributed by atoms with Crippen LogP contribution in [0.3, 0.4) is 0 Å². The number of ether oxygens (including phenoxy) is 1. The molecule has 0 saturated carbocycles. The summed E-state index contributed by atoms with van der Waals surface area (Å²) in [4.78, 5) is 10.9. The zero-order valence-electron chi connectivity index (χ0n) is 11.1. The molecule has 92 valence electrons. The minimum absolute atomic E-state index is 0.0867. The molecule has 0 bridgehead atoms. The number of Topliss-reactive ketones (excluding diaryl/α,β-unsaturated/α-hetero) is 1. The summed E-state index contributed by atoms with van der Waals surface area (Å²) in [5.41, 5.74) is 0.958. The van der Waals surface area contributed by atoms with Crippen LogP contribution in [0.25, 0.3) is 0 Å². The SMILES string of the molecule is CC.CC(=O)Cn1cc(C)c(OC(C)C)n1. The number of aromatic nitrogens is 2. The normalized spacial score (nSPS) is 9.69. The molecule has 4 heteroatoms. The molecule has 1 aromatic rings. The molecule has 0 amide bonds. The number of hydrogen-bond donors (Lipinski definition) is 0. The maximum Gasteiger partial charge on any atom is 0.235 e. The third-order valence-electron chi connectivity index (χ3n) is 1.63. The van der Waals surface area contributed by atoms with E-state index >= 15 is 0 Å². The molecule has 0 aliphatic heterocycles. The van der Waals surface area contributed by atoms with Crippen molar-refractivity contribution in [2.24, 2.45) is 0 Å².